The molecule has 0 unspecified atom stereocenters. The summed E-state index contributed by atoms with van der Waals surface area (Å²) in [5, 5.41) is 0. The maximum atomic E-state index is 3.58. The number of hydrogen-bond acceptors (Lipinski definition) is 0. The van der Waals surface area contributed by atoms with Gasteiger partial charge in [-0.3, -0.25) is 0 Å². The second-order valence-corrected chi connectivity index (χ2v) is 7.82. The summed E-state index contributed by atoms with van der Waals surface area (Å²) in [6, 6.07) is 0. The molecule has 0 amide bonds. The summed E-state index contributed by atoms with van der Waals surface area (Å²) < 4.78 is 0. The summed E-state index contributed by atoms with van der Waals surface area (Å²) in [6.45, 7) is 16.1. The van der Waals surface area contributed by atoms with Crippen molar-refractivity contribution in [3.8, 4) is 0 Å². The summed E-state index contributed by atoms with van der Waals surface area (Å²) in [4.78, 5) is 0. The van der Waals surface area contributed by atoms with Gasteiger partial charge in [-0.25, -0.2) is 0 Å². The number of rotatable bonds is 1. The molecule has 0 saturated carbocycles. The van der Waals surface area contributed by atoms with Crippen LogP contribution in [0.1, 0.15) is 61.3 Å². The minimum absolute atomic E-state index is 0.189. The van der Waals surface area contributed by atoms with E-state index in [-0.39, 0.29) is 10.8 Å². The standard InChI is InChI=1S/C19H27/c1-13-11-12-15(17(13)19(5,6)7)14-9-8-10-16(14)18(2,3)4/h9,11H,8,12H2,1-7H3. The molecule has 2 aliphatic rings. The zero-order chi connectivity index (χ0) is 14.4. The summed E-state index contributed by atoms with van der Waals surface area (Å²) in [6.07, 6.45) is 10.4. The average molecular weight is 255 g/mol. The zero-order valence-electron chi connectivity index (χ0n) is 13.6. The van der Waals surface area contributed by atoms with Crippen LogP contribution in [0.25, 0.3) is 0 Å². The quantitative estimate of drug-likeness (QED) is 0.556. The topological polar surface area (TPSA) is 0 Å². The molecule has 2 rings (SSSR count). The molecule has 0 N–H and O–H groups in total. The normalized spacial score (nSPS) is 20.7. The number of allylic oxidation sites excluding steroid dienone is 8. The van der Waals surface area contributed by atoms with Gasteiger partial charge in [0.1, 0.15) is 0 Å². The van der Waals surface area contributed by atoms with Crippen LogP contribution in [0.15, 0.2) is 40.0 Å². The first-order chi connectivity index (χ1) is 8.62. The largest absolute Gasteiger partial charge is 0.0769 e. The van der Waals surface area contributed by atoms with Gasteiger partial charge in [0.25, 0.3) is 0 Å². The van der Waals surface area contributed by atoms with Crippen LogP contribution >= 0.6 is 0 Å². The summed E-state index contributed by atoms with van der Waals surface area (Å²) in [7, 11) is 0. The Kier molecular flexibility index (Phi) is 3.41. The monoisotopic (exact) mass is 255 g/mol. The van der Waals surface area contributed by atoms with E-state index in [2.05, 4.69) is 66.7 Å². The third kappa shape index (κ3) is 2.63. The molecule has 0 aromatic carbocycles. The highest BCUT2D eigenvalue weighted by atomic mass is 14.4. The van der Waals surface area contributed by atoms with Crippen molar-refractivity contribution in [3.05, 3.63) is 46.1 Å². The van der Waals surface area contributed by atoms with Crippen molar-refractivity contribution in [2.45, 2.75) is 61.3 Å². The highest BCUT2D eigenvalue weighted by molar-refractivity contribution is 5.60. The molecule has 0 nitrogen and oxygen atoms in total. The molecule has 0 heterocycles. The second kappa shape index (κ2) is 4.51. The smallest absolute Gasteiger partial charge is 0.00821 e. The van der Waals surface area contributed by atoms with Crippen molar-refractivity contribution in [1.29, 1.82) is 0 Å². The third-order valence-electron chi connectivity index (χ3n) is 3.99. The van der Waals surface area contributed by atoms with Crippen LogP contribution in [0.5, 0.6) is 0 Å². The molecule has 0 bridgehead atoms. The van der Waals surface area contributed by atoms with E-state index in [1.807, 2.05) is 0 Å². The van der Waals surface area contributed by atoms with E-state index in [0.29, 0.717) is 0 Å². The molecule has 2 aliphatic carbocycles. The van der Waals surface area contributed by atoms with Crippen molar-refractivity contribution >= 4 is 0 Å². The Morgan fingerprint density at radius 3 is 2.11 bits per heavy atom. The molecular formula is C19H27. The van der Waals surface area contributed by atoms with Crippen LogP contribution in [0.4, 0.5) is 0 Å². The Labute approximate surface area is 119 Å². The molecular weight excluding hydrogens is 228 g/mol. The lowest BCUT2D eigenvalue weighted by atomic mass is 9.76. The van der Waals surface area contributed by atoms with Crippen LogP contribution in [0.3, 0.4) is 0 Å². The van der Waals surface area contributed by atoms with Gasteiger partial charge < -0.3 is 0 Å². The molecule has 0 atom stereocenters. The molecule has 0 spiro atoms. The maximum absolute atomic E-state index is 3.58. The van der Waals surface area contributed by atoms with E-state index in [1.54, 1.807) is 11.1 Å². The Morgan fingerprint density at radius 2 is 1.58 bits per heavy atom. The van der Waals surface area contributed by atoms with Gasteiger partial charge in [0.15, 0.2) is 0 Å². The van der Waals surface area contributed by atoms with Crippen LogP contribution in [0.2, 0.25) is 0 Å². The van der Waals surface area contributed by atoms with Gasteiger partial charge >= 0.3 is 0 Å². The van der Waals surface area contributed by atoms with Gasteiger partial charge in [-0.2, -0.15) is 0 Å². The Bertz CT molecular complexity index is 505. The van der Waals surface area contributed by atoms with Crippen LogP contribution in [-0.2, 0) is 0 Å². The maximum Gasteiger partial charge on any atom is -0.00821 e. The van der Waals surface area contributed by atoms with Crippen LogP contribution < -0.4 is 0 Å². The summed E-state index contributed by atoms with van der Waals surface area (Å²) in [5.74, 6) is 0. The lowest BCUT2D eigenvalue weighted by molar-refractivity contribution is 0.500. The summed E-state index contributed by atoms with van der Waals surface area (Å²) >= 11 is 0. The molecule has 103 valence electrons. The molecule has 0 saturated heterocycles. The lowest BCUT2D eigenvalue weighted by Gasteiger charge is -2.29. The van der Waals surface area contributed by atoms with Gasteiger partial charge in [-0.05, 0) is 59.0 Å². The van der Waals surface area contributed by atoms with Crippen LogP contribution in [0, 0.1) is 16.9 Å². The molecule has 0 fully saturated rings. The SMILES string of the molecule is CC1=CCC(C2=CC[C]=C2C(C)(C)C)=C1C(C)(C)C. The van der Waals surface area contributed by atoms with Gasteiger partial charge in [-0.1, -0.05) is 59.3 Å². The van der Waals surface area contributed by atoms with Crippen molar-refractivity contribution < 1.29 is 0 Å². The summed E-state index contributed by atoms with van der Waals surface area (Å²) in [5.41, 5.74) is 7.83. The zero-order valence-corrected chi connectivity index (χ0v) is 13.6. The molecule has 0 aromatic heterocycles. The van der Waals surface area contributed by atoms with E-state index < -0.39 is 0 Å². The third-order valence-corrected chi connectivity index (χ3v) is 3.99. The van der Waals surface area contributed by atoms with E-state index >= 15 is 0 Å². The van der Waals surface area contributed by atoms with Crippen molar-refractivity contribution in [3.63, 3.8) is 0 Å². The van der Waals surface area contributed by atoms with E-state index in [4.69, 9.17) is 0 Å². The predicted molar refractivity (Wildman–Crippen MR) is 83.8 cm³/mol. The molecule has 1 radical (unpaired) electrons. The average Bonchev–Trinajstić information content (AvgIpc) is 2.79. The van der Waals surface area contributed by atoms with Gasteiger partial charge in [-0.15, -0.1) is 0 Å². The Morgan fingerprint density at radius 1 is 0.947 bits per heavy atom. The van der Waals surface area contributed by atoms with Gasteiger partial charge in [0.2, 0.25) is 0 Å². The van der Waals surface area contributed by atoms with E-state index in [0.717, 1.165) is 12.8 Å². The Hall–Kier alpha value is -1.04. The second-order valence-electron chi connectivity index (χ2n) is 7.82. The van der Waals surface area contributed by atoms with Gasteiger partial charge in [0, 0.05) is 0 Å². The lowest BCUT2D eigenvalue weighted by Crippen LogP contribution is -2.15. The first kappa shape index (κ1) is 14.4. The molecule has 0 heteroatoms. The minimum atomic E-state index is 0.189. The first-order valence-electron chi connectivity index (χ1n) is 7.35. The van der Waals surface area contributed by atoms with E-state index in [9.17, 15) is 0 Å². The van der Waals surface area contributed by atoms with Crippen molar-refractivity contribution in [2.24, 2.45) is 10.8 Å². The fraction of sp³-hybridized carbons (Fsp3) is 0.579. The molecule has 0 aromatic rings. The highest BCUT2D eigenvalue weighted by Crippen LogP contribution is 2.47. The molecule has 19 heavy (non-hydrogen) atoms. The number of hydrogen-bond donors (Lipinski definition) is 0. The van der Waals surface area contributed by atoms with Gasteiger partial charge in [0.05, 0.1) is 0 Å². The van der Waals surface area contributed by atoms with Crippen molar-refractivity contribution in [1.82, 2.24) is 0 Å². The van der Waals surface area contributed by atoms with E-state index in [1.165, 1.54) is 16.7 Å². The fourth-order valence-corrected chi connectivity index (χ4v) is 3.38. The first-order valence-corrected chi connectivity index (χ1v) is 7.35. The van der Waals surface area contributed by atoms with Crippen LogP contribution in [-0.4, -0.2) is 0 Å². The minimum Gasteiger partial charge on any atom is -0.0769 e. The highest BCUT2D eigenvalue weighted by Gasteiger charge is 2.32. The predicted octanol–water partition coefficient (Wildman–Crippen LogP) is 5.78. The molecule has 0 aliphatic heterocycles. The fourth-order valence-electron chi connectivity index (χ4n) is 3.38. The van der Waals surface area contributed by atoms with Crippen molar-refractivity contribution in [2.75, 3.05) is 0 Å². The Balaban J connectivity index is 2.49.